The predicted molar refractivity (Wildman–Crippen MR) is 66.5 cm³/mol. The molecule has 116 valence electrons. The third kappa shape index (κ3) is 2.89. The predicted octanol–water partition coefficient (Wildman–Crippen LogP) is 2.42. The topological polar surface area (TPSA) is 48.1 Å². The van der Waals surface area contributed by atoms with Gasteiger partial charge in [0.1, 0.15) is 12.7 Å². The molecule has 0 unspecified atom stereocenters. The lowest BCUT2D eigenvalue weighted by molar-refractivity contribution is -0.276. The fourth-order valence-electron chi connectivity index (χ4n) is 2.05. The minimum absolute atomic E-state index is 0.114. The first kappa shape index (κ1) is 15.8. The zero-order chi connectivity index (χ0) is 15.7. The number of rotatable bonds is 5. The monoisotopic (exact) mass is 304 g/mol. The average Bonchev–Trinajstić information content (AvgIpc) is 3.13. The molecular formula is C14H15F3O4. The summed E-state index contributed by atoms with van der Waals surface area (Å²) in [7, 11) is 0.831. The molecule has 0 amide bonds. The van der Waals surface area contributed by atoms with E-state index in [2.05, 4.69) is 4.74 Å². The first-order chi connectivity index (χ1) is 9.83. The van der Waals surface area contributed by atoms with E-state index >= 15 is 0 Å². The van der Waals surface area contributed by atoms with Gasteiger partial charge in [0, 0.05) is 12.7 Å². The van der Waals surface area contributed by atoms with Crippen LogP contribution in [0.4, 0.5) is 13.2 Å². The molecule has 2 rings (SSSR count). The Labute approximate surface area is 119 Å². The standard InChI is InChI=1S/C14H15F3O4/c1-9-11(21-9)8-20-12(18)13(19-2,14(15,16)17)10-6-4-3-5-7-10/h3-7,9,11H,8H2,1-2H3/t9-,11+,13+/m1/s1. The van der Waals surface area contributed by atoms with Gasteiger partial charge in [0.25, 0.3) is 5.60 Å². The first-order valence-corrected chi connectivity index (χ1v) is 6.33. The van der Waals surface area contributed by atoms with Crippen molar-refractivity contribution in [3.8, 4) is 0 Å². The van der Waals surface area contributed by atoms with Crippen LogP contribution >= 0.6 is 0 Å². The summed E-state index contributed by atoms with van der Waals surface area (Å²) in [6.07, 6.45) is -5.42. The van der Waals surface area contributed by atoms with E-state index in [4.69, 9.17) is 9.47 Å². The van der Waals surface area contributed by atoms with Crippen LogP contribution in [-0.4, -0.2) is 38.1 Å². The number of carbonyl (C=O) groups excluding carboxylic acids is 1. The van der Waals surface area contributed by atoms with Crippen LogP contribution in [0.5, 0.6) is 0 Å². The van der Waals surface area contributed by atoms with E-state index in [0.29, 0.717) is 0 Å². The maximum atomic E-state index is 13.5. The Kier molecular flexibility index (Phi) is 4.25. The van der Waals surface area contributed by atoms with Crippen LogP contribution in [0.25, 0.3) is 0 Å². The van der Waals surface area contributed by atoms with E-state index in [-0.39, 0.29) is 24.4 Å². The van der Waals surface area contributed by atoms with Crippen molar-refractivity contribution < 1.29 is 32.2 Å². The van der Waals surface area contributed by atoms with E-state index < -0.39 is 17.7 Å². The molecule has 1 fully saturated rings. The highest BCUT2D eigenvalue weighted by atomic mass is 19.4. The summed E-state index contributed by atoms with van der Waals surface area (Å²) in [5, 5.41) is 0. The van der Waals surface area contributed by atoms with E-state index in [9.17, 15) is 18.0 Å². The Morgan fingerprint density at radius 1 is 1.29 bits per heavy atom. The normalized spacial score (nSPS) is 24.2. The van der Waals surface area contributed by atoms with Gasteiger partial charge in [0.05, 0.1) is 6.10 Å². The van der Waals surface area contributed by atoms with Crippen LogP contribution in [0.15, 0.2) is 30.3 Å². The zero-order valence-electron chi connectivity index (χ0n) is 11.5. The van der Waals surface area contributed by atoms with Crippen molar-refractivity contribution >= 4 is 5.97 Å². The Morgan fingerprint density at radius 2 is 1.86 bits per heavy atom. The smallest absolute Gasteiger partial charge is 0.432 e. The van der Waals surface area contributed by atoms with Crippen molar-refractivity contribution in [3.63, 3.8) is 0 Å². The zero-order valence-corrected chi connectivity index (χ0v) is 11.5. The Hall–Kier alpha value is -1.60. The van der Waals surface area contributed by atoms with Gasteiger partial charge in [-0.05, 0) is 6.92 Å². The second-order valence-electron chi connectivity index (χ2n) is 4.73. The molecule has 3 atom stereocenters. The molecule has 1 aromatic rings. The lowest BCUT2D eigenvalue weighted by Gasteiger charge is -2.32. The summed E-state index contributed by atoms with van der Waals surface area (Å²) in [5.74, 6) is -1.49. The summed E-state index contributed by atoms with van der Waals surface area (Å²) >= 11 is 0. The largest absolute Gasteiger partial charge is 0.460 e. The van der Waals surface area contributed by atoms with Crippen LogP contribution in [-0.2, 0) is 24.6 Å². The molecule has 21 heavy (non-hydrogen) atoms. The Morgan fingerprint density at radius 3 is 2.29 bits per heavy atom. The van der Waals surface area contributed by atoms with Crippen LogP contribution in [0.3, 0.4) is 0 Å². The van der Waals surface area contributed by atoms with Crippen molar-refractivity contribution in [2.45, 2.75) is 30.9 Å². The number of alkyl halides is 3. The molecule has 0 saturated carbocycles. The number of esters is 1. The van der Waals surface area contributed by atoms with Crippen molar-refractivity contribution in [2.75, 3.05) is 13.7 Å². The molecule has 1 aliphatic rings. The average molecular weight is 304 g/mol. The molecule has 1 aliphatic heterocycles. The lowest BCUT2D eigenvalue weighted by atomic mass is 9.93. The van der Waals surface area contributed by atoms with Crippen LogP contribution < -0.4 is 0 Å². The summed E-state index contributed by atoms with van der Waals surface area (Å²) in [5.41, 5.74) is -3.46. The fraction of sp³-hybridized carbons (Fsp3) is 0.500. The second-order valence-corrected chi connectivity index (χ2v) is 4.73. The highest BCUT2D eigenvalue weighted by molar-refractivity contribution is 5.82. The molecule has 0 aliphatic carbocycles. The summed E-state index contributed by atoms with van der Waals surface area (Å²) in [6, 6.07) is 6.69. The van der Waals surface area contributed by atoms with Crippen molar-refractivity contribution in [2.24, 2.45) is 0 Å². The van der Waals surface area contributed by atoms with Crippen LogP contribution in [0, 0.1) is 0 Å². The van der Waals surface area contributed by atoms with E-state index in [1.807, 2.05) is 0 Å². The third-order valence-electron chi connectivity index (χ3n) is 3.39. The maximum Gasteiger partial charge on any atom is 0.432 e. The minimum Gasteiger partial charge on any atom is -0.460 e. The van der Waals surface area contributed by atoms with Gasteiger partial charge in [-0.25, -0.2) is 4.79 Å². The summed E-state index contributed by atoms with van der Waals surface area (Å²) in [6.45, 7) is 1.51. The van der Waals surface area contributed by atoms with Crippen molar-refractivity contribution in [3.05, 3.63) is 35.9 Å². The van der Waals surface area contributed by atoms with Gasteiger partial charge < -0.3 is 14.2 Å². The van der Waals surface area contributed by atoms with Gasteiger partial charge in [-0.15, -0.1) is 0 Å². The molecule has 0 N–H and O–H groups in total. The van der Waals surface area contributed by atoms with Crippen molar-refractivity contribution in [1.82, 2.24) is 0 Å². The number of hydrogen-bond donors (Lipinski definition) is 0. The maximum absolute atomic E-state index is 13.5. The van der Waals surface area contributed by atoms with Gasteiger partial charge in [0.15, 0.2) is 0 Å². The highest BCUT2D eigenvalue weighted by Gasteiger charge is 2.64. The summed E-state index contributed by atoms with van der Waals surface area (Å²) < 4.78 is 54.8. The third-order valence-corrected chi connectivity index (χ3v) is 3.39. The molecule has 0 radical (unpaired) electrons. The summed E-state index contributed by atoms with van der Waals surface area (Å²) in [4.78, 5) is 12.1. The van der Waals surface area contributed by atoms with Gasteiger partial charge in [-0.3, -0.25) is 0 Å². The molecule has 0 spiro atoms. The van der Waals surface area contributed by atoms with E-state index in [1.54, 1.807) is 13.0 Å². The number of carbonyl (C=O) groups is 1. The van der Waals surface area contributed by atoms with Crippen molar-refractivity contribution in [1.29, 1.82) is 0 Å². The molecule has 7 heteroatoms. The van der Waals surface area contributed by atoms with Gasteiger partial charge in [-0.2, -0.15) is 13.2 Å². The fourth-order valence-corrected chi connectivity index (χ4v) is 2.05. The molecule has 1 aromatic carbocycles. The number of halogens is 3. The molecule has 1 saturated heterocycles. The molecule has 0 bridgehead atoms. The quantitative estimate of drug-likeness (QED) is 0.619. The lowest BCUT2D eigenvalue weighted by Crippen LogP contribution is -2.52. The number of methoxy groups -OCH3 is 1. The molecule has 4 nitrogen and oxygen atoms in total. The van der Waals surface area contributed by atoms with Gasteiger partial charge >= 0.3 is 12.1 Å². The Bertz CT molecular complexity index is 503. The number of ether oxygens (including phenoxy) is 3. The van der Waals surface area contributed by atoms with E-state index in [1.165, 1.54) is 24.3 Å². The first-order valence-electron chi connectivity index (χ1n) is 6.33. The molecular weight excluding hydrogens is 289 g/mol. The SMILES string of the molecule is CO[C@](C(=O)OC[C@@H]1O[C@@H]1C)(c1ccccc1)C(F)(F)F. The highest BCUT2D eigenvalue weighted by Crippen LogP contribution is 2.43. The second kappa shape index (κ2) is 5.65. The van der Waals surface area contributed by atoms with Crippen LogP contribution in [0.2, 0.25) is 0 Å². The minimum atomic E-state index is -4.95. The Balaban J connectivity index is 2.29. The number of hydrogen-bond acceptors (Lipinski definition) is 4. The van der Waals surface area contributed by atoms with Gasteiger partial charge in [-0.1, -0.05) is 30.3 Å². The van der Waals surface area contributed by atoms with Crippen LogP contribution in [0.1, 0.15) is 12.5 Å². The van der Waals surface area contributed by atoms with Gasteiger partial charge in [0.2, 0.25) is 0 Å². The number of epoxide rings is 1. The van der Waals surface area contributed by atoms with E-state index in [0.717, 1.165) is 7.11 Å². The molecule has 1 heterocycles. The molecule has 0 aromatic heterocycles. The number of benzene rings is 1.